The van der Waals surface area contributed by atoms with Gasteiger partial charge in [0, 0.05) is 0 Å². The number of hydrogen-bond donors (Lipinski definition) is 0. The van der Waals surface area contributed by atoms with Crippen molar-refractivity contribution in [2.45, 2.75) is 38.0 Å². The van der Waals surface area contributed by atoms with Gasteiger partial charge in [0.1, 0.15) is 17.3 Å². The van der Waals surface area contributed by atoms with E-state index in [1.165, 1.54) is 0 Å². The molecule has 0 amide bonds. The maximum atomic E-state index is 14.3. The van der Waals surface area contributed by atoms with E-state index in [0.717, 1.165) is 0 Å². The molecule has 3 aromatic rings. The summed E-state index contributed by atoms with van der Waals surface area (Å²) in [4.78, 5) is 41.9. The van der Waals surface area contributed by atoms with Crippen LogP contribution >= 0.6 is 0 Å². The molecule has 36 heavy (non-hydrogen) atoms. The van der Waals surface area contributed by atoms with Gasteiger partial charge in [0.05, 0.1) is 19.8 Å². The van der Waals surface area contributed by atoms with Crippen molar-refractivity contribution in [1.82, 2.24) is 0 Å². The predicted octanol–water partition coefficient (Wildman–Crippen LogP) is 5.18. The first kappa shape index (κ1) is 26.7. The zero-order valence-corrected chi connectivity index (χ0v) is 20.9. The Kier molecular flexibility index (Phi) is 9.39. The molecule has 0 aliphatic carbocycles. The number of carbonyl (C=O) groups excluding carboxylic acids is 3. The highest BCUT2D eigenvalue weighted by molar-refractivity contribution is 6.00. The van der Waals surface area contributed by atoms with E-state index < -0.39 is 35.2 Å². The van der Waals surface area contributed by atoms with Gasteiger partial charge in [0.25, 0.3) is 0 Å². The molecule has 3 aromatic carbocycles. The minimum atomic E-state index is -1.82. The fourth-order valence-corrected chi connectivity index (χ4v) is 4.73. The Morgan fingerprint density at radius 1 is 0.583 bits per heavy atom. The first-order valence-corrected chi connectivity index (χ1v) is 12.2. The summed E-state index contributed by atoms with van der Waals surface area (Å²) in [6, 6.07) is 26.6. The van der Waals surface area contributed by atoms with E-state index in [2.05, 4.69) is 0 Å². The van der Waals surface area contributed by atoms with Crippen LogP contribution in [0.15, 0.2) is 91.0 Å². The second-order valence-electron chi connectivity index (χ2n) is 8.15. The maximum absolute atomic E-state index is 14.3. The highest BCUT2D eigenvalue weighted by Gasteiger charge is 2.61. The lowest BCUT2D eigenvalue weighted by atomic mass is 9.58. The average molecular weight is 489 g/mol. The van der Waals surface area contributed by atoms with Crippen molar-refractivity contribution in [3.05, 3.63) is 108 Å². The fourth-order valence-electron chi connectivity index (χ4n) is 4.73. The summed E-state index contributed by atoms with van der Waals surface area (Å²) in [6.07, 6.45) is 0. The normalized spacial score (nSPS) is 14.1. The van der Waals surface area contributed by atoms with E-state index >= 15 is 0 Å². The average Bonchev–Trinajstić information content (AvgIpc) is 2.90. The van der Waals surface area contributed by atoms with Crippen LogP contribution in [0.25, 0.3) is 0 Å². The molecule has 188 valence electrons. The van der Waals surface area contributed by atoms with Gasteiger partial charge in [0.15, 0.2) is 0 Å². The summed E-state index contributed by atoms with van der Waals surface area (Å²) < 4.78 is 16.8. The third kappa shape index (κ3) is 5.33. The van der Waals surface area contributed by atoms with Crippen molar-refractivity contribution in [1.29, 1.82) is 0 Å². The molecule has 3 rings (SSSR count). The largest absolute Gasteiger partial charge is 0.465 e. The SMILES string of the molecule is CCOC(=O)C(c1ccccc1)C(C(=O)OCC)(c1ccccc1)C(C(=O)OCC)c1ccccc1. The van der Waals surface area contributed by atoms with Crippen molar-refractivity contribution in [2.75, 3.05) is 19.8 Å². The van der Waals surface area contributed by atoms with Crippen molar-refractivity contribution in [3.8, 4) is 0 Å². The minimum absolute atomic E-state index is 0.0576. The van der Waals surface area contributed by atoms with E-state index in [4.69, 9.17) is 14.2 Å². The van der Waals surface area contributed by atoms with Gasteiger partial charge in [-0.2, -0.15) is 0 Å². The van der Waals surface area contributed by atoms with Crippen LogP contribution in [0.5, 0.6) is 0 Å². The Hall–Kier alpha value is -3.93. The van der Waals surface area contributed by atoms with Crippen LogP contribution in [-0.2, 0) is 34.0 Å². The molecular formula is C30H32O6. The number of carbonyl (C=O) groups is 3. The van der Waals surface area contributed by atoms with Crippen LogP contribution in [0.4, 0.5) is 0 Å². The van der Waals surface area contributed by atoms with E-state index in [1.54, 1.807) is 93.6 Å². The number of rotatable bonds is 11. The molecule has 0 saturated carbocycles. The molecule has 0 spiro atoms. The van der Waals surface area contributed by atoms with Crippen LogP contribution in [0.2, 0.25) is 0 Å². The Balaban J connectivity index is 2.51. The zero-order chi connectivity index (χ0) is 26.0. The molecule has 6 heteroatoms. The summed E-state index contributed by atoms with van der Waals surface area (Å²) >= 11 is 0. The molecule has 0 saturated heterocycles. The summed E-state index contributed by atoms with van der Waals surface area (Å²) in [6.45, 7) is 5.36. The second kappa shape index (κ2) is 12.7. The number of esters is 3. The molecule has 0 aliphatic rings. The lowest BCUT2D eigenvalue weighted by Gasteiger charge is -2.42. The Morgan fingerprint density at radius 2 is 0.944 bits per heavy atom. The molecule has 0 aliphatic heterocycles. The Bertz CT molecular complexity index is 1070. The van der Waals surface area contributed by atoms with Gasteiger partial charge in [-0.1, -0.05) is 91.0 Å². The van der Waals surface area contributed by atoms with Crippen LogP contribution in [0.1, 0.15) is 49.3 Å². The molecular weight excluding hydrogens is 456 g/mol. The van der Waals surface area contributed by atoms with Crippen LogP contribution in [-0.4, -0.2) is 37.7 Å². The van der Waals surface area contributed by atoms with Gasteiger partial charge in [0.2, 0.25) is 0 Å². The predicted molar refractivity (Wildman–Crippen MR) is 136 cm³/mol. The van der Waals surface area contributed by atoms with Gasteiger partial charge >= 0.3 is 17.9 Å². The molecule has 0 heterocycles. The first-order chi connectivity index (χ1) is 17.5. The van der Waals surface area contributed by atoms with Crippen LogP contribution < -0.4 is 0 Å². The number of hydrogen-bond acceptors (Lipinski definition) is 6. The van der Waals surface area contributed by atoms with Gasteiger partial charge in [-0.3, -0.25) is 14.4 Å². The van der Waals surface area contributed by atoms with Gasteiger partial charge < -0.3 is 14.2 Å². The quantitative estimate of drug-likeness (QED) is 0.273. The Morgan fingerprint density at radius 3 is 1.31 bits per heavy atom. The molecule has 0 radical (unpaired) electrons. The Labute approximate surface area is 212 Å². The smallest absolute Gasteiger partial charge is 0.319 e. The first-order valence-electron chi connectivity index (χ1n) is 12.2. The number of ether oxygens (including phenoxy) is 3. The number of benzene rings is 3. The summed E-state index contributed by atoms with van der Waals surface area (Å²) in [7, 11) is 0. The van der Waals surface area contributed by atoms with E-state index in [-0.39, 0.29) is 19.8 Å². The molecule has 0 bridgehead atoms. The minimum Gasteiger partial charge on any atom is -0.465 e. The van der Waals surface area contributed by atoms with Crippen molar-refractivity contribution < 1.29 is 28.6 Å². The van der Waals surface area contributed by atoms with Gasteiger partial charge in [-0.25, -0.2) is 0 Å². The van der Waals surface area contributed by atoms with Crippen molar-refractivity contribution >= 4 is 17.9 Å². The molecule has 6 nitrogen and oxygen atoms in total. The summed E-state index contributed by atoms with van der Waals surface area (Å²) in [5.74, 6) is -4.37. The third-order valence-electron chi connectivity index (χ3n) is 6.09. The maximum Gasteiger partial charge on any atom is 0.319 e. The highest BCUT2D eigenvalue weighted by atomic mass is 16.5. The zero-order valence-electron chi connectivity index (χ0n) is 20.9. The van der Waals surface area contributed by atoms with Crippen molar-refractivity contribution in [3.63, 3.8) is 0 Å². The highest BCUT2D eigenvalue weighted by Crippen LogP contribution is 2.51. The topological polar surface area (TPSA) is 78.9 Å². The lowest BCUT2D eigenvalue weighted by Crippen LogP contribution is -2.53. The van der Waals surface area contributed by atoms with E-state index in [9.17, 15) is 14.4 Å². The van der Waals surface area contributed by atoms with Crippen LogP contribution in [0.3, 0.4) is 0 Å². The second-order valence-corrected chi connectivity index (χ2v) is 8.15. The van der Waals surface area contributed by atoms with Crippen LogP contribution in [0, 0.1) is 0 Å². The van der Waals surface area contributed by atoms with E-state index in [0.29, 0.717) is 16.7 Å². The van der Waals surface area contributed by atoms with Crippen molar-refractivity contribution in [2.24, 2.45) is 0 Å². The van der Waals surface area contributed by atoms with E-state index in [1.807, 2.05) is 18.2 Å². The molecule has 2 atom stereocenters. The molecule has 0 N–H and O–H groups in total. The third-order valence-corrected chi connectivity index (χ3v) is 6.09. The summed E-state index contributed by atoms with van der Waals surface area (Å²) in [5.41, 5.74) is -0.318. The van der Waals surface area contributed by atoms with Gasteiger partial charge in [-0.15, -0.1) is 0 Å². The molecule has 0 aromatic heterocycles. The lowest BCUT2D eigenvalue weighted by molar-refractivity contribution is -0.165. The fraction of sp³-hybridized carbons (Fsp3) is 0.300. The molecule has 2 unspecified atom stereocenters. The van der Waals surface area contributed by atoms with Gasteiger partial charge in [-0.05, 0) is 37.5 Å². The molecule has 0 fully saturated rings. The standard InChI is InChI=1S/C30H32O6/c1-4-34-27(31)25(22-16-10-7-11-17-22)30(29(33)36-6-3,24-20-14-9-15-21-24)26(28(32)35-5-2)23-18-12-8-13-19-23/h7-21,25-26H,4-6H2,1-3H3. The monoisotopic (exact) mass is 488 g/mol. The summed E-state index contributed by atoms with van der Waals surface area (Å²) in [5, 5.41) is 0.